The summed E-state index contributed by atoms with van der Waals surface area (Å²) in [6.45, 7) is 0. The molecule has 0 aliphatic carbocycles. The first-order chi connectivity index (χ1) is 6.93. The lowest BCUT2D eigenvalue weighted by Crippen LogP contribution is -1.93. The van der Waals surface area contributed by atoms with Crippen molar-refractivity contribution in [3.05, 3.63) is 37.2 Å². The molecule has 0 aliphatic heterocycles. The molecule has 0 radical (unpaired) electrons. The van der Waals surface area contributed by atoms with E-state index in [1.165, 1.54) is 0 Å². The lowest BCUT2D eigenvalue weighted by atomic mass is 10.3. The molecule has 3 aromatic heterocycles. The highest BCUT2D eigenvalue weighted by atomic mass is 15.2. The summed E-state index contributed by atoms with van der Waals surface area (Å²) in [6.07, 6.45) is 6.94. The third kappa shape index (κ3) is 0.990. The maximum Gasteiger partial charge on any atom is 0.139 e. The van der Waals surface area contributed by atoms with Crippen LogP contribution in [0.25, 0.3) is 16.7 Å². The van der Waals surface area contributed by atoms with Crippen LogP contribution in [0, 0.1) is 0 Å². The molecule has 3 heterocycles. The second-order valence-electron chi connectivity index (χ2n) is 2.98. The van der Waals surface area contributed by atoms with Gasteiger partial charge < -0.3 is 4.98 Å². The van der Waals surface area contributed by atoms with E-state index in [0.29, 0.717) is 0 Å². The number of nitrogens with one attached hydrogen (secondary N) is 1. The topological polar surface area (TPSA) is 59.4 Å². The average Bonchev–Trinajstić information content (AvgIpc) is 2.88. The van der Waals surface area contributed by atoms with E-state index in [4.69, 9.17) is 0 Å². The summed E-state index contributed by atoms with van der Waals surface area (Å²) in [6, 6.07) is 3.99. The Balaban J connectivity index is 2.23. The fourth-order valence-electron chi connectivity index (χ4n) is 1.40. The minimum absolute atomic E-state index is 0.821. The van der Waals surface area contributed by atoms with Crippen molar-refractivity contribution in [2.24, 2.45) is 0 Å². The molecular weight excluding hydrogens is 178 g/mol. The zero-order chi connectivity index (χ0) is 9.38. The van der Waals surface area contributed by atoms with Crippen LogP contribution in [0.2, 0.25) is 0 Å². The molecule has 0 atom stereocenters. The van der Waals surface area contributed by atoms with Gasteiger partial charge in [0.2, 0.25) is 0 Å². The zero-order valence-corrected chi connectivity index (χ0v) is 7.25. The van der Waals surface area contributed by atoms with E-state index in [0.717, 1.165) is 16.7 Å². The van der Waals surface area contributed by atoms with Gasteiger partial charge in [-0.25, -0.2) is 4.98 Å². The van der Waals surface area contributed by atoms with Crippen LogP contribution in [-0.4, -0.2) is 24.7 Å². The van der Waals surface area contributed by atoms with E-state index in [1.54, 1.807) is 23.4 Å². The molecule has 0 spiro atoms. The van der Waals surface area contributed by atoms with Gasteiger partial charge in [-0.15, -0.1) is 10.2 Å². The van der Waals surface area contributed by atoms with Gasteiger partial charge in [-0.1, -0.05) is 0 Å². The normalized spacial score (nSPS) is 10.9. The summed E-state index contributed by atoms with van der Waals surface area (Å²) in [4.78, 5) is 7.36. The van der Waals surface area contributed by atoms with Crippen molar-refractivity contribution < 1.29 is 0 Å². The Kier molecular flexibility index (Phi) is 1.38. The molecular formula is C9H7N5. The molecule has 0 bridgehead atoms. The first-order valence-electron chi connectivity index (χ1n) is 4.21. The third-order valence-corrected chi connectivity index (χ3v) is 2.11. The molecule has 0 aromatic carbocycles. The third-order valence-electron chi connectivity index (χ3n) is 2.11. The quantitative estimate of drug-likeness (QED) is 0.618. The summed E-state index contributed by atoms with van der Waals surface area (Å²) < 4.78 is 1.77. The number of nitrogens with zero attached hydrogens (tertiary/aromatic N) is 4. The highest BCUT2D eigenvalue weighted by molar-refractivity contribution is 5.79. The van der Waals surface area contributed by atoms with Gasteiger partial charge in [0.1, 0.15) is 18.5 Å². The minimum atomic E-state index is 0.821. The van der Waals surface area contributed by atoms with Gasteiger partial charge in [0, 0.05) is 11.6 Å². The Morgan fingerprint density at radius 1 is 1.21 bits per heavy atom. The Hall–Kier alpha value is -2.17. The van der Waals surface area contributed by atoms with Crippen LogP contribution in [0.5, 0.6) is 0 Å². The minimum Gasteiger partial charge on any atom is -0.360 e. The first-order valence-corrected chi connectivity index (χ1v) is 4.21. The van der Waals surface area contributed by atoms with E-state index in [9.17, 15) is 0 Å². The van der Waals surface area contributed by atoms with Crippen LogP contribution in [0.15, 0.2) is 37.2 Å². The number of hydrogen-bond acceptors (Lipinski definition) is 3. The Labute approximate surface area is 79.4 Å². The number of pyridine rings is 1. The van der Waals surface area contributed by atoms with Crippen LogP contribution in [0.4, 0.5) is 0 Å². The van der Waals surface area contributed by atoms with Crippen molar-refractivity contribution in [3.63, 3.8) is 0 Å². The maximum absolute atomic E-state index is 4.27. The first kappa shape index (κ1) is 7.25. The monoisotopic (exact) mass is 185 g/mol. The largest absolute Gasteiger partial charge is 0.360 e. The molecule has 14 heavy (non-hydrogen) atoms. The molecule has 0 fully saturated rings. The van der Waals surface area contributed by atoms with Crippen molar-refractivity contribution in [2.75, 3.05) is 0 Å². The molecule has 0 saturated carbocycles. The number of rotatable bonds is 1. The van der Waals surface area contributed by atoms with Crippen LogP contribution in [-0.2, 0) is 0 Å². The molecule has 68 valence electrons. The van der Waals surface area contributed by atoms with Crippen LogP contribution in [0.1, 0.15) is 0 Å². The standard InChI is InChI=1S/C9H7N5/c1-2-10-8-4-11-9(3-7(1)8)14-5-12-13-6-14/h1-6,10H. The van der Waals surface area contributed by atoms with E-state index in [2.05, 4.69) is 20.2 Å². The van der Waals surface area contributed by atoms with E-state index < -0.39 is 0 Å². The number of aromatic amines is 1. The molecule has 0 amide bonds. The number of hydrogen-bond donors (Lipinski definition) is 1. The highest BCUT2D eigenvalue weighted by Gasteiger charge is 1.99. The molecule has 5 heteroatoms. The Bertz CT molecular complexity index is 551. The van der Waals surface area contributed by atoms with Crippen molar-refractivity contribution >= 4 is 10.9 Å². The van der Waals surface area contributed by atoms with Crippen molar-refractivity contribution in [3.8, 4) is 5.82 Å². The molecule has 0 unspecified atom stereocenters. The van der Waals surface area contributed by atoms with Gasteiger partial charge >= 0.3 is 0 Å². The Morgan fingerprint density at radius 2 is 2.07 bits per heavy atom. The fraction of sp³-hybridized carbons (Fsp3) is 0. The second kappa shape index (κ2) is 2.66. The maximum atomic E-state index is 4.27. The summed E-state index contributed by atoms with van der Waals surface area (Å²) in [5, 5.41) is 8.59. The van der Waals surface area contributed by atoms with Gasteiger partial charge in [-0.3, -0.25) is 4.57 Å². The molecule has 0 saturated heterocycles. The van der Waals surface area contributed by atoms with E-state index in [1.807, 2.05) is 18.3 Å². The molecule has 5 nitrogen and oxygen atoms in total. The van der Waals surface area contributed by atoms with Crippen molar-refractivity contribution in [1.82, 2.24) is 24.7 Å². The molecule has 1 N–H and O–H groups in total. The van der Waals surface area contributed by atoms with Crippen LogP contribution in [0.3, 0.4) is 0 Å². The van der Waals surface area contributed by atoms with Gasteiger partial charge in [0.05, 0.1) is 11.7 Å². The number of fused-ring (bicyclic) bond motifs is 1. The summed E-state index contributed by atoms with van der Waals surface area (Å²) in [5.74, 6) is 0.821. The fourth-order valence-corrected chi connectivity index (χ4v) is 1.40. The average molecular weight is 185 g/mol. The lowest BCUT2D eigenvalue weighted by Gasteiger charge is -1.98. The van der Waals surface area contributed by atoms with Crippen LogP contribution < -0.4 is 0 Å². The molecule has 0 aliphatic rings. The van der Waals surface area contributed by atoms with Crippen molar-refractivity contribution in [1.29, 1.82) is 0 Å². The lowest BCUT2D eigenvalue weighted by molar-refractivity contribution is 0.996. The predicted octanol–water partition coefficient (Wildman–Crippen LogP) is 1.14. The van der Waals surface area contributed by atoms with E-state index >= 15 is 0 Å². The predicted molar refractivity (Wildman–Crippen MR) is 51.0 cm³/mol. The highest BCUT2D eigenvalue weighted by Crippen LogP contribution is 2.13. The SMILES string of the molecule is c1cc2cc(-n3cnnc3)ncc2[nH]1. The Morgan fingerprint density at radius 3 is 2.93 bits per heavy atom. The number of H-pyrrole nitrogens is 1. The zero-order valence-electron chi connectivity index (χ0n) is 7.25. The molecule has 3 aromatic rings. The van der Waals surface area contributed by atoms with E-state index in [-0.39, 0.29) is 0 Å². The van der Waals surface area contributed by atoms with Gasteiger partial charge in [-0.05, 0) is 12.1 Å². The molecule has 3 rings (SSSR count). The van der Waals surface area contributed by atoms with Crippen LogP contribution >= 0.6 is 0 Å². The van der Waals surface area contributed by atoms with Crippen molar-refractivity contribution in [2.45, 2.75) is 0 Å². The summed E-state index contributed by atoms with van der Waals surface area (Å²) >= 11 is 0. The summed E-state index contributed by atoms with van der Waals surface area (Å²) in [7, 11) is 0. The number of aromatic nitrogens is 5. The summed E-state index contributed by atoms with van der Waals surface area (Å²) in [5.41, 5.74) is 1.03. The second-order valence-corrected chi connectivity index (χ2v) is 2.98. The van der Waals surface area contributed by atoms with Gasteiger partial charge in [0.25, 0.3) is 0 Å². The smallest absolute Gasteiger partial charge is 0.139 e. The van der Waals surface area contributed by atoms with Gasteiger partial charge in [-0.2, -0.15) is 0 Å². The van der Waals surface area contributed by atoms with Gasteiger partial charge in [0.15, 0.2) is 0 Å².